The van der Waals surface area contributed by atoms with Crippen molar-refractivity contribution in [2.24, 2.45) is 10.8 Å². The van der Waals surface area contributed by atoms with E-state index in [9.17, 15) is 14.4 Å². The fourth-order valence-electron chi connectivity index (χ4n) is 3.35. The zero-order valence-electron chi connectivity index (χ0n) is 18.0. The summed E-state index contributed by atoms with van der Waals surface area (Å²) in [7, 11) is 0. The molecule has 1 aromatic carbocycles. The molecule has 0 bridgehead atoms. The van der Waals surface area contributed by atoms with Gasteiger partial charge in [0.05, 0.1) is 22.8 Å². The van der Waals surface area contributed by atoms with Crippen LogP contribution in [0.2, 0.25) is 0 Å². The van der Waals surface area contributed by atoms with Gasteiger partial charge in [-0.15, -0.1) is 22.7 Å². The number of benzene rings is 1. The lowest BCUT2D eigenvalue weighted by Gasteiger charge is -2.20. The first-order valence-electron chi connectivity index (χ1n) is 10.1. The molecule has 3 amide bonds. The van der Waals surface area contributed by atoms with Crippen LogP contribution in [0.3, 0.4) is 0 Å². The molecule has 1 aliphatic rings. The lowest BCUT2D eigenvalue weighted by molar-refractivity contribution is -0.119. The molecule has 9 nitrogen and oxygen atoms in total. The average Bonchev–Trinajstić information content (AvgIpc) is 3.51. The minimum atomic E-state index is -0.727. The van der Waals surface area contributed by atoms with Crippen LogP contribution >= 0.6 is 22.7 Å². The smallest absolute Gasteiger partial charge is 0.273 e. The number of hydrogen-bond donors (Lipinski definition) is 3. The van der Waals surface area contributed by atoms with Crippen LogP contribution in [-0.2, 0) is 20.9 Å². The lowest BCUT2D eigenvalue weighted by Crippen LogP contribution is -2.39. The summed E-state index contributed by atoms with van der Waals surface area (Å²) in [5.41, 5.74) is 7.23. The van der Waals surface area contributed by atoms with Crippen LogP contribution in [0.1, 0.15) is 23.1 Å². The van der Waals surface area contributed by atoms with Crippen molar-refractivity contribution >= 4 is 56.9 Å². The minimum Gasteiger partial charge on any atom is -0.368 e. The van der Waals surface area contributed by atoms with Crippen LogP contribution in [-0.4, -0.2) is 34.5 Å². The summed E-state index contributed by atoms with van der Waals surface area (Å²) in [6.07, 6.45) is 0.116. The third-order valence-electron chi connectivity index (χ3n) is 4.95. The van der Waals surface area contributed by atoms with Crippen molar-refractivity contribution in [3.63, 3.8) is 0 Å². The highest BCUT2D eigenvalue weighted by Gasteiger charge is 2.35. The summed E-state index contributed by atoms with van der Waals surface area (Å²) < 4.78 is 0. The van der Waals surface area contributed by atoms with E-state index in [2.05, 4.69) is 20.7 Å². The fourth-order valence-corrected chi connectivity index (χ4v) is 5.23. The SMILES string of the molecule is CC(=O)NCc1ccc(-c2nc(NC(=O)C3=NN(c4ccccc4)C(C(N)=O)C3)sc2C)s1. The molecule has 3 heterocycles. The van der Waals surface area contributed by atoms with Crippen molar-refractivity contribution in [2.45, 2.75) is 32.9 Å². The Kier molecular flexibility index (Phi) is 6.52. The fraction of sp³-hybridized carbons (Fsp3) is 0.227. The minimum absolute atomic E-state index is 0.0842. The molecule has 0 saturated heterocycles. The normalized spacial score (nSPS) is 15.3. The van der Waals surface area contributed by atoms with E-state index in [0.717, 1.165) is 20.3 Å². The summed E-state index contributed by atoms with van der Waals surface area (Å²) in [5, 5.41) is 11.9. The van der Waals surface area contributed by atoms with E-state index in [0.29, 0.717) is 17.4 Å². The van der Waals surface area contributed by atoms with Crippen LogP contribution < -0.4 is 21.4 Å². The van der Waals surface area contributed by atoms with E-state index >= 15 is 0 Å². The molecule has 0 fully saturated rings. The molecule has 1 atom stereocenters. The maximum atomic E-state index is 12.9. The van der Waals surface area contributed by atoms with Gasteiger partial charge in [0.2, 0.25) is 11.8 Å². The third-order valence-corrected chi connectivity index (χ3v) is 6.92. The van der Waals surface area contributed by atoms with Crippen LogP contribution in [0.5, 0.6) is 0 Å². The van der Waals surface area contributed by atoms with Gasteiger partial charge >= 0.3 is 0 Å². The Balaban J connectivity index is 1.49. The Hall–Kier alpha value is -3.57. The quantitative estimate of drug-likeness (QED) is 0.477. The molecule has 4 rings (SSSR count). The Morgan fingerprint density at radius 1 is 1.15 bits per heavy atom. The molecule has 0 aliphatic carbocycles. The number of hydrazone groups is 1. The second-order valence-electron chi connectivity index (χ2n) is 7.40. The molecule has 170 valence electrons. The van der Waals surface area contributed by atoms with Crippen LogP contribution in [0.25, 0.3) is 10.6 Å². The van der Waals surface area contributed by atoms with E-state index in [1.165, 1.54) is 34.6 Å². The van der Waals surface area contributed by atoms with Gasteiger partial charge < -0.3 is 11.1 Å². The number of aromatic nitrogens is 1. The Labute approximate surface area is 198 Å². The second kappa shape index (κ2) is 9.51. The maximum Gasteiger partial charge on any atom is 0.273 e. The van der Waals surface area contributed by atoms with Crippen molar-refractivity contribution in [1.82, 2.24) is 10.3 Å². The number of nitrogens with two attached hydrogens (primary N) is 1. The average molecular weight is 483 g/mol. The van der Waals surface area contributed by atoms with E-state index < -0.39 is 17.9 Å². The van der Waals surface area contributed by atoms with Crippen LogP contribution in [0, 0.1) is 6.92 Å². The first kappa shape index (κ1) is 22.6. The summed E-state index contributed by atoms with van der Waals surface area (Å²) >= 11 is 2.90. The summed E-state index contributed by atoms with van der Waals surface area (Å²) in [6, 6.07) is 12.3. The van der Waals surface area contributed by atoms with E-state index in [1.807, 2.05) is 37.3 Å². The van der Waals surface area contributed by atoms with Gasteiger partial charge in [-0.1, -0.05) is 18.2 Å². The second-order valence-corrected chi connectivity index (χ2v) is 9.77. The molecule has 0 saturated carbocycles. The molecular weight excluding hydrogens is 460 g/mol. The van der Waals surface area contributed by atoms with Gasteiger partial charge in [0.25, 0.3) is 5.91 Å². The van der Waals surface area contributed by atoms with Crippen molar-refractivity contribution in [3.8, 4) is 10.6 Å². The lowest BCUT2D eigenvalue weighted by atomic mass is 10.1. The molecule has 4 N–H and O–H groups in total. The topological polar surface area (TPSA) is 130 Å². The van der Waals surface area contributed by atoms with Gasteiger partial charge in [0.15, 0.2) is 5.13 Å². The number of anilines is 2. The van der Waals surface area contributed by atoms with E-state index in [4.69, 9.17) is 5.73 Å². The number of primary amides is 1. The largest absolute Gasteiger partial charge is 0.368 e. The van der Waals surface area contributed by atoms with Gasteiger partial charge in [-0.3, -0.25) is 24.7 Å². The molecule has 2 aromatic heterocycles. The van der Waals surface area contributed by atoms with Crippen molar-refractivity contribution in [3.05, 3.63) is 52.2 Å². The van der Waals surface area contributed by atoms with Gasteiger partial charge in [-0.2, -0.15) is 5.10 Å². The monoisotopic (exact) mass is 482 g/mol. The standard InChI is InChI=1S/C22H22N6O3S2/c1-12-19(18-9-8-15(33-18)11-24-13(2)29)25-22(32-12)26-21(31)16-10-17(20(23)30)28(27-16)14-6-4-3-5-7-14/h3-9,17H,10-11H2,1-2H3,(H2,23,30)(H,24,29)(H,25,26,31). The van der Waals surface area contributed by atoms with Crippen LogP contribution in [0.4, 0.5) is 10.8 Å². The third kappa shape index (κ3) is 5.10. The maximum absolute atomic E-state index is 12.9. The Morgan fingerprint density at radius 3 is 2.61 bits per heavy atom. The van der Waals surface area contributed by atoms with Gasteiger partial charge in [0, 0.05) is 23.1 Å². The number of rotatable bonds is 7. The number of amides is 3. The van der Waals surface area contributed by atoms with Crippen LogP contribution in [0.15, 0.2) is 47.6 Å². The molecule has 1 aliphatic heterocycles. The number of hydrogen-bond acceptors (Lipinski definition) is 8. The molecule has 11 heteroatoms. The summed E-state index contributed by atoms with van der Waals surface area (Å²) in [6.45, 7) is 3.88. The first-order chi connectivity index (χ1) is 15.8. The molecule has 33 heavy (non-hydrogen) atoms. The zero-order valence-corrected chi connectivity index (χ0v) is 19.6. The first-order valence-corrected chi connectivity index (χ1v) is 11.8. The number of thiazole rings is 1. The predicted molar refractivity (Wildman–Crippen MR) is 130 cm³/mol. The molecule has 3 aromatic rings. The summed E-state index contributed by atoms with van der Waals surface area (Å²) in [5.74, 6) is -1.05. The van der Waals surface area contributed by atoms with Crippen molar-refractivity contribution < 1.29 is 14.4 Å². The molecular formula is C22H22N6O3S2. The predicted octanol–water partition coefficient (Wildman–Crippen LogP) is 2.87. The highest BCUT2D eigenvalue weighted by molar-refractivity contribution is 7.18. The number of nitrogens with one attached hydrogen (secondary N) is 2. The number of carbonyl (C=O) groups is 3. The number of aryl methyl sites for hydroxylation is 1. The van der Waals surface area contributed by atoms with Crippen molar-refractivity contribution in [2.75, 3.05) is 10.3 Å². The van der Waals surface area contributed by atoms with E-state index in [-0.39, 0.29) is 18.0 Å². The number of nitrogens with zero attached hydrogens (tertiary/aromatic N) is 3. The number of para-hydroxylation sites is 1. The number of thiophene rings is 1. The summed E-state index contributed by atoms with van der Waals surface area (Å²) in [4.78, 5) is 43.4. The Bertz CT molecular complexity index is 1230. The number of carbonyl (C=O) groups excluding carboxylic acids is 3. The zero-order chi connectivity index (χ0) is 23.5. The highest BCUT2D eigenvalue weighted by Crippen LogP contribution is 2.35. The van der Waals surface area contributed by atoms with Gasteiger partial charge in [-0.05, 0) is 31.2 Å². The Morgan fingerprint density at radius 2 is 1.91 bits per heavy atom. The molecule has 1 unspecified atom stereocenters. The van der Waals surface area contributed by atoms with Gasteiger partial charge in [-0.25, -0.2) is 4.98 Å². The highest BCUT2D eigenvalue weighted by atomic mass is 32.1. The molecule has 0 spiro atoms. The molecule has 0 radical (unpaired) electrons. The van der Waals surface area contributed by atoms with Gasteiger partial charge in [0.1, 0.15) is 11.8 Å². The van der Waals surface area contributed by atoms with Crippen molar-refractivity contribution in [1.29, 1.82) is 0 Å². The van der Waals surface area contributed by atoms with E-state index in [1.54, 1.807) is 12.1 Å².